The highest BCUT2D eigenvalue weighted by molar-refractivity contribution is 7.08. The molecule has 1 aliphatic heterocycles. The van der Waals surface area contributed by atoms with Crippen LogP contribution in [0.3, 0.4) is 0 Å². The summed E-state index contributed by atoms with van der Waals surface area (Å²) < 4.78 is 5.28. The quantitative estimate of drug-likeness (QED) is 0.764. The Morgan fingerprint density at radius 2 is 2.31 bits per heavy atom. The fourth-order valence-electron chi connectivity index (χ4n) is 3.29. The molecule has 3 aromatic rings. The van der Waals surface area contributed by atoms with Crippen LogP contribution in [-0.4, -0.2) is 32.3 Å². The molecule has 0 bridgehead atoms. The summed E-state index contributed by atoms with van der Waals surface area (Å²) in [4.78, 5) is 38.3. The Hall–Kier alpha value is -2.74. The Bertz CT molecular complexity index is 976. The molecule has 8 heteroatoms. The number of aryl methyl sites for hydroxylation is 1. The molecule has 1 saturated heterocycles. The molecule has 1 fully saturated rings. The van der Waals surface area contributed by atoms with Crippen LogP contribution in [0.4, 0.5) is 0 Å². The number of amides is 1. The lowest BCUT2D eigenvalue weighted by Gasteiger charge is -2.34. The van der Waals surface area contributed by atoms with Crippen molar-refractivity contribution in [3.8, 4) is 11.3 Å². The molecule has 3 aromatic heterocycles. The first-order chi connectivity index (χ1) is 12.6. The molecule has 1 N–H and O–H groups in total. The number of carbonyl (C=O) groups excluding carboxylic acids is 1. The van der Waals surface area contributed by atoms with Crippen molar-refractivity contribution in [3.63, 3.8) is 0 Å². The largest absolute Gasteiger partial charge is 0.438 e. The number of oxazole rings is 1. The maximum absolute atomic E-state index is 12.9. The van der Waals surface area contributed by atoms with Gasteiger partial charge in [-0.05, 0) is 37.6 Å². The predicted molar refractivity (Wildman–Crippen MR) is 97.0 cm³/mol. The van der Waals surface area contributed by atoms with Crippen molar-refractivity contribution in [1.82, 2.24) is 19.9 Å². The summed E-state index contributed by atoms with van der Waals surface area (Å²) in [7, 11) is 0. The summed E-state index contributed by atoms with van der Waals surface area (Å²) in [6, 6.07) is 3.13. The first-order valence-electron chi connectivity index (χ1n) is 8.48. The van der Waals surface area contributed by atoms with Crippen molar-refractivity contribution < 1.29 is 9.21 Å². The van der Waals surface area contributed by atoms with E-state index in [0.29, 0.717) is 23.8 Å². The van der Waals surface area contributed by atoms with Gasteiger partial charge in [-0.2, -0.15) is 11.3 Å². The van der Waals surface area contributed by atoms with Crippen LogP contribution in [0.15, 0.2) is 38.5 Å². The number of aromatic nitrogens is 3. The number of aromatic amines is 1. The van der Waals surface area contributed by atoms with E-state index in [1.165, 1.54) is 12.5 Å². The van der Waals surface area contributed by atoms with E-state index in [1.54, 1.807) is 23.2 Å². The standard InChI is InChI=1S/C18H18N4O3S/c1-11-16(25-10-19-11)18(24)22-6-3-2-4-14(22)17-20-13(8-15(23)21-17)12-5-7-26-9-12/h5,7-10,14H,2-4,6H2,1H3,(H,20,21,23). The number of piperidine rings is 1. The van der Waals surface area contributed by atoms with E-state index in [1.807, 2.05) is 16.8 Å². The number of rotatable bonds is 3. The number of thiophene rings is 1. The van der Waals surface area contributed by atoms with Gasteiger partial charge < -0.3 is 14.3 Å². The number of carbonyl (C=O) groups is 1. The van der Waals surface area contributed by atoms with Gasteiger partial charge in [-0.15, -0.1) is 0 Å². The molecule has 0 aromatic carbocycles. The summed E-state index contributed by atoms with van der Waals surface area (Å²) in [5, 5.41) is 3.90. The van der Waals surface area contributed by atoms with Gasteiger partial charge in [-0.1, -0.05) is 0 Å². The Kier molecular flexibility index (Phi) is 4.42. The molecule has 0 radical (unpaired) electrons. The molecule has 4 heterocycles. The van der Waals surface area contributed by atoms with Crippen LogP contribution in [0.25, 0.3) is 11.3 Å². The van der Waals surface area contributed by atoms with Gasteiger partial charge in [0.05, 0.1) is 17.4 Å². The maximum Gasteiger partial charge on any atom is 0.292 e. The number of likely N-dealkylation sites (tertiary alicyclic amines) is 1. The van der Waals surface area contributed by atoms with Gasteiger partial charge >= 0.3 is 0 Å². The van der Waals surface area contributed by atoms with Gasteiger partial charge in [0.25, 0.3) is 11.5 Å². The fourth-order valence-corrected chi connectivity index (χ4v) is 3.94. The van der Waals surface area contributed by atoms with Crippen LogP contribution in [-0.2, 0) is 0 Å². The van der Waals surface area contributed by atoms with Crippen LogP contribution >= 0.6 is 11.3 Å². The Balaban J connectivity index is 1.72. The lowest BCUT2D eigenvalue weighted by molar-refractivity contribution is 0.0566. The van der Waals surface area contributed by atoms with Crippen molar-refractivity contribution in [2.75, 3.05) is 6.54 Å². The highest BCUT2D eigenvalue weighted by atomic mass is 32.1. The van der Waals surface area contributed by atoms with Gasteiger partial charge in [0, 0.05) is 23.6 Å². The van der Waals surface area contributed by atoms with Gasteiger partial charge in [-0.25, -0.2) is 9.97 Å². The van der Waals surface area contributed by atoms with Crippen LogP contribution in [0.5, 0.6) is 0 Å². The van der Waals surface area contributed by atoms with E-state index in [0.717, 1.165) is 24.8 Å². The third-order valence-corrected chi connectivity index (χ3v) is 5.28. The second-order valence-electron chi connectivity index (χ2n) is 6.30. The van der Waals surface area contributed by atoms with Gasteiger partial charge in [0.15, 0.2) is 6.39 Å². The molecule has 7 nitrogen and oxygen atoms in total. The third-order valence-electron chi connectivity index (χ3n) is 4.60. The minimum Gasteiger partial charge on any atom is -0.438 e. The Labute approximate surface area is 153 Å². The van der Waals surface area contributed by atoms with Crippen LogP contribution in [0.2, 0.25) is 0 Å². The fraction of sp³-hybridized carbons (Fsp3) is 0.333. The van der Waals surface area contributed by atoms with Crippen molar-refractivity contribution in [2.24, 2.45) is 0 Å². The zero-order valence-corrected chi connectivity index (χ0v) is 15.1. The normalized spacial score (nSPS) is 17.4. The van der Waals surface area contributed by atoms with Crippen LogP contribution in [0.1, 0.15) is 47.4 Å². The molecule has 4 rings (SSSR count). The second-order valence-corrected chi connectivity index (χ2v) is 7.08. The smallest absolute Gasteiger partial charge is 0.292 e. The van der Waals surface area contributed by atoms with Crippen molar-refractivity contribution in [2.45, 2.75) is 32.2 Å². The molecule has 1 atom stereocenters. The summed E-state index contributed by atoms with van der Waals surface area (Å²) >= 11 is 1.55. The highest BCUT2D eigenvalue weighted by Gasteiger charge is 2.33. The molecule has 1 aliphatic rings. The van der Waals surface area contributed by atoms with E-state index < -0.39 is 0 Å². The first kappa shape index (κ1) is 16.7. The number of nitrogens with zero attached hydrogens (tertiary/aromatic N) is 3. The first-order valence-corrected chi connectivity index (χ1v) is 9.42. The summed E-state index contributed by atoms with van der Waals surface area (Å²) in [6.07, 6.45) is 3.90. The summed E-state index contributed by atoms with van der Waals surface area (Å²) in [6.45, 7) is 2.34. The molecule has 0 aliphatic carbocycles. The monoisotopic (exact) mass is 370 g/mol. The summed E-state index contributed by atoms with van der Waals surface area (Å²) in [5.74, 6) is 0.547. The van der Waals surface area contributed by atoms with E-state index >= 15 is 0 Å². The van der Waals surface area contributed by atoms with Crippen molar-refractivity contribution in [3.05, 3.63) is 56.9 Å². The molecule has 1 unspecified atom stereocenters. The minimum atomic E-state index is -0.285. The number of hydrogen-bond acceptors (Lipinski definition) is 6. The zero-order valence-electron chi connectivity index (χ0n) is 14.3. The number of nitrogens with one attached hydrogen (secondary N) is 1. The molecule has 0 spiro atoms. The third kappa shape index (κ3) is 3.08. The average Bonchev–Trinajstić information content (AvgIpc) is 3.32. The van der Waals surface area contributed by atoms with Gasteiger partial charge in [0.2, 0.25) is 5.76 Å². The Morgan fingerprint density at radius 3 is 3.04 bits per heavy atom. The maximum atomic E-state index is 12.9. The van der Waals surface area contributed by atoms with Crippen molar-refractivity contribution >= 4 is 17.2 Å². The van der Waals surface area contributed by atoms with Gasteiger partial charge in [0.1, 0.15) is 5.82 Å². The SMILES string of the molecule is Cc1ncoc1C(=O)N1CCCCC1c1nc(-c2ccsc2)cc(=O)[nH]1. The molecule has 0 saturated carbocycles. The summed E-state index contributed by atoms with van der Waals surface area (Å²) in [5.41, 5.74) is 1.87. The molecule has 134 valence electrons. The van der Waals surface area contributed by atoms with E-state index in [9.17, 15) is 9.59 Å². The molecule has 1 amide bonds. The van der Waals surface area contributed by atoms with E-state index in [-0.39, 0.29) is 23.3 Å². The highest BCUT2D eigenvalue weighted by Crippen LogP contribution is 2.31. The van der Waals surface area contributed by atoms with Gasteiger partial charge in [-0.3, -0.25) is 9.59 Å². The lowest BCUT2D eigenvalue weighted by atomic mass is 10.0. The van der Waals surface area contributed by atoms with Crippen LogP contribution in [0, 0.1) is 6.92 Å². The molecular weight excluding hydrogens is 352 g/mol. The topological polar surface area (TPSA) is 92.1 Å². The van der Waals surface area contributed by atoms with E-state index in [4.69, 9.17) is 4.42 Å². The van der Waals surface area contributed by atoms with Crippen LogP contribution < -0.4 is 5.56 Å². The molecule has 26 heavy (non-hydrogen) atoms. The van der Waals surface area contributed by atoms with Crippen molar-refractivity contribution in [1.29, 1.82) is 0 Å². The lowest BCUT2D eigenvalue weighted by Crippen LogP contribution is -2.40. The predicted octanol–water partition coefficient (Wildman–Crippen LogP) is 3.16. The average molecular weight is 370 g/mol. The molecular formula is C18H18N4O3S. The number of H-pyrrole nitrogens is 1. The Morgan fingerprint density at radius 1 is 1.42 bits per heavy atom. The zero-order chi connectivity index (χ0) is 18.1. The van der Waals surface area contributed by atoms with E-state index in [2.05, 4.69) is 15.0 Å². The minimum absolute atomic E-state index is 0.215. The number of hydrogen-bond donors (Lipinski definition) is 1. The second kappa shape index (κ2) is 6.87.